The molecule has 0 aliphatic heterocycles. The van der Waals surface area contributed by atoms with Crippen LogP contribution in [0.2, 0.25) is 0 Å². The third-order valence-corrected chi connectivity index (χ3v) is 2.59. The molecule has 0 saturated carbocycles. The summed E-state index contributed by atoms with van der Waals surface area (Å²) >= 11 is 0. The van der Waals surface area contributed by atoms with Crippen LogP contribution in [0.4, 0.5) is 11.8 Å². The van der Waals surface area contributed by atoms with Crippen LogP contribution in [0.1, 0.15) is 16.8 Å². The van der Waals surface area contributed by atoms with E-state index >= 15 is 0 Å². The largest absolute Gasteiger partial charge is 0.368 e. The van der Waals surface area contributed by atoms with Gasteiger partial charge in [-0.2, -0.15) is 4.98 Å². The first-order valence-electron chi connectivity index (χ1n) is 5.54. The third-order valence-electron chi connectivity index (χ3n) is 2.59. The van der Waals surface area contributed by atoms with E-state index in [1.165, 1.54) is 11.1 Å². The van der Waals surface area contributed by atoms with E-state index < -0.39 is 0 Å². The average Bonchev–Trinajstić information content (AvgIpc) is 2.27. The van der Waals surface area contributed by atoms with Crippen molar-refractivity contribution in [2.45, 2.75) is 20.4 Å². The lowest BCUT2D eigenvalue weighted by atomic mass is 10.1. The van der Waals surface area contributed by atoms with Gasteiger partial charge in [0.15, 0.2) is 0 Å². The van der Waals surface area contributed by atoms with Crippen LogP contribution in [-0.4, -0.2) is 9.97 Å². The molecule has 0 radical (unpaired) electrons. The second-order valence-corrected chi connectivity index (χ2v) is 4.03. The van der Waals surface area contributed by atoms with Crippen molar-refractivity contribution in [3.63, 3.8) is 0 Å². The van der Waals surface area contributed by atoms with E-state index in [1.54, 1.807) is 0 Å². The van der Waals surface area contributed by atoms with E-state index in [0.29, 0.717) is 5.95 Å². The molecule has 17 heavy (non-hydrogen) atoms. The lowest BCUT2D eigenvalue weighted by molar-refractivity contribution is 1.05. The zero-order valence-corrected chi connectivity index (χ0v) is 10.1. The number of aromatic nitrogens is 2. The van der Waals surface area contributed by atoms with Gasteiger partial charge in [-0.25, -0.2) is 4.98 Å². The van der Waals surface area contributed by atoms with Gasteiger partial charge in [-0.1, -0.05) is 24.3 Å². The van der Waals surface area contributed by atoms with Crippen molar-refractivity contribution in [2.24, 2.45) is 0 Å². The molecule has 0 bridgehead atoms. The van der Waals surface area contributed by atoms with E-state index in [-0.39, 0.29) is 0 Å². The maximum absolute atomic E-state index is 5.60. The van der Waals surface area contributed by atoms with Crippen LogP contribution in [0.25, 0.3) is 0 Å². The highest BCUT2D eigenvalue weighted by atomic mass is 15.1. The SMILES string of the molecule is Cc1cc(NCc2ccccc2C)nc(N)n1. The molecule has 4 nitrogen and oxygen atoms in total. The third kappa shape index (κ3) is 2.93. The van der Waals surface area contributed by atoms with Crippen molar-refractivity contribution in [2.75, 3.05) is 11.1 Å². The Morgan fingerprint density at radius 1 is 1.18 bits per heavy atom. The van der Waals surface area contributed by atoms with Crippen LogP contribution in [0.15, 0.2) is 30.3 Å². The molecule has 1 aromatic carbocycles. The standard InChI is InChI=1S/C13H16N4/c1-9-5-3-4-6-11(9)8-15-12-7-10(2)16-13(14)17-12/h3-7H,8H2,1-2H3,(H3,14,15,16,17). The summed E-state index contributed by atoms with van der Waals surface area (Å²) in [6, 6.07) is 10.1. The molecule has 2 rings (SSSR count). The minimum Gasteiger partial charge on any atom is -0.368 e. The molecule has 88 valence electrons. The van der Waals surface area contributed by atoms with Gasteiger partial charge in [0.05, 0.1) is 0 Å². The monoisotopic (exact) mass is 228 g/mol. The minimum atomic E-state index is 0.303. The van der Waals surface area contributed by atoms with Crippen molar-refractivity contribution < 1.29 is 0 Å². The summed E-state index contributed by atoms with van der Waals surface area (Å²) in [6.45, 7) is 4.73. The topological polar surface area (TPSA) is 63.8 Å². The number of anilines is 2. The van der Waals surface area contributed by atoms with Gasteiger partial charge in [0, 0.05) is 18.3 Å². The molecule has 1 heterocycles. The van der Waals surface area contributed by atoms with Crippen LogP contribution in [0, 0.1) is 13.8 Å². The lowest BCUT2D eigenvalue weighted by Gasteiger charge is -2.09. The Kier molecular flexibility index (Phi) is 3.23. The predicted molar refractivity (Wildman–Crippen MR) is 69.7 cm³/mol. The second kappa shape index (κ2) is 4.82. The van der Waals surface area contributed by atoms with E-state index in [9.17, 15) is 0 Å². The summed E-state index contributed by atoms with van der Waals surface area (Å²) in [5.74, 6) is 1.07. The molecule has 1 aromatic heterocycles. The normalized spacial score (nSPS) is 10.2. The maximum Gasteiger partial charge on any atom is 0.222 e. The fraction of sp³-hybridized carbons (Fsp3) is 0.231. The molecular weight excluding hydrogens is 212 g/mol. The summed E-state index contributed by atoms with van der Waals surface area (Å²) in [7, 11) is 0. The molecule has 3 N–H and O–H groups in total. The van der Waals surface area contributed by atoms with E-state index in [1.807, 2.05) is 25.1 Å². The molecule has 0 unspecified atom stereocenters. The Bertz CT molecular complexity index is 502. The highest BCUT2D eigenvalue weighted by Crippen LogP contribution is 2.11. The number of hydrogen-bond acceptors (Lipinski definition) is 4. The average molecular weight is 228 g/mol. The van der Waals surface area contributed by atoms with Crippen molar-refractivity contribution in [1.82, 2.24) is 9.97 Å². The molecule has 0 saturated heterocycles. The molecule has 2 aromatic rings. The molecule has 0 aliphatic carbocycles. The Morgan fingerprint density at radius 3 is 2.65 bits per heavy atom. The fourth-order valence-electron chi connectivity index (χ4n) is 1.68. The van der Waals surface area contributed by atoms with Gasteiger partial charge in [-0.15, -0.1) is 0 Å². The highest BCUT2D eigenvalue weighted by Gasteiger charge is 2.00. The number of hydrogen-bond donors (Lipinski definition) is 2. The molecule has 0 spiro atoms. The van der Waals surface area contributed by atoms with Gasteiger partial charge in [0.2, 0.25) is 5.95 Å². The first-order valence-corrected chi connectivity index (χ1v) is 5.54. The van der Waals surface area contributed by atoms with Gasteiger partial charge in [-0.3, -0.25) is 0 Å². The van der Waals surface area contributed by atoms with Crippen molar-refractivity contribution in [3.8, 4) is 0 Å². The van der Waals surface area contributed by atoms with Crippen molar-refractivity contribution >= 4 is 11.8 Å². The Morgan fingerprint density at radius 2 is 1.94 bits per heavy atom. The Balaban J connectivity index is 2.10. The summed E-state index contributed by atoms with van der Waals surface area (Å²) in [4.78, 5) is 8.17. The smallest absolute Gasteiger partial charge is 0.222 e. The highest BCUT2D eigenvalue weighted by molar-refractivity contribution is 5.41. The van der Waals surface area contributed by atoms with Gasteiger partial charge < -0.3 is 11.1 Å². The van der Waals surface area contributed by atoms with E-state index in [4.69, 9.17) is 5.73 Å². The lowest BCUT2D eigenvalue weighted by Crippen LogP contribution is -2.06. The Labute approximate surface area is 101 Å². The van der Waals surface area contributed by atoms with Crippen LogP contribution in [0.3, 0.4) is 0 Å². The quantitative estimate of drug-likeness (QED) is 0.846. The molecular formula is C13H16N4. The molecule has 0 aliphatic rings. The number of rotatable bonds is 3. The zero-order valence-electron chi connectivity index (χ0n) is 10.1. The predicted octanol–water partition coefficient (Wildman–Crippen LogP) is 2.29. The number of nitrogens with two attached hydrogens (primary N) is 1. The number of benzene rings is 1. The fourth-order valence-corrected chi connectivity index (χ4v) is 1.68. The van der Waals surface area contributed by atoms with Crippen LogP contribution < -0.4 is 11.1 Å². The summed E-state index contributed by atoms with van der Waals surface area (Å²) < 4.78 is 0. The summed E-state index contributed by atoms with van der Waals surface area (Å²) in [6.07, 6.45) is 0. The Hall–Kier alpha value is -2.10. The van der Waals surface area contributed by atoms with Crippen molar-refractivity contribution in [3.05, 3.63) is 47.2 Å². The van der Waals surface area contributed by atoms with Crippen molar-refractivity contribution in [1.29, 1.82) is 0 Å². The summed E-state index contributed by atoms with van der Waals surface area (Å²) in [5, 5.41) is 3.25. The first-order chi connectivity index (χ1) is 8.15. The molecule has 0 atom stereocenters. The zero-order chi connectivity index (χ0) is 12.3. The van der Waals surface area contributed by atoms with Gasteiger partial charge >= 0.3 is 0 Å². The first kappa shape index (κ1) is 11.4. The molecule has 0 amide bonds. The van der Waals surface area contributed by atoms with Crippen LogP contribution in [0.5, 0.6) is 0 Å². The molecule has 4 heteroatoms. The number of nitrogens with zero attached hydrogens (tertiary/aromatic N) is 2. The summed E-state index contributed by atoms with van der Waals surface area (Å²) in [5.41, 5.74) is 8.98. The van der Waals surface area contributed by atoms with E-state index in [0.717, 1.165) is 18.1 Å². The van der Waals surface area contributed by atoms with Gasteiger partial charge in [0.25, 0.3) is 0 Å². The maximum atomic E-state index is 5.60. The number of nitrogens with one attached hydrogen (secondary N) is 1. The van der Waals surface area contributed by atoms with Gasteiger partial charge in [0.1, 0.15) is 5.82 Å². The molecule has 0 fully saturated rings. The number of nitrogen functional groups attached to an aromatic ring is 1. The van der Waals surface area contributed by atoms with Gasteiger partial charge in [-0.05, 0) is 25.0 Å². The number of aryl methyl sites for hydroxylation is 2. The van der Waals surface area contributed by atoms with E-state index in [2.05, 4.69) is 34.3 Å². The van der Waals surface area contributed by atoms with Crippen LogP contribution >= 0.6 is 0 Å². The minimum absolute atomic E-state index is 0.303. The second-order valence-electron chi connectivity index (χ2n) is 4.03. The van der Waals surface area contributed by atoms with Crippen LogP contribution in [-0.2, 0) is 6.54 Å².